The number of aromatic amines is 2. The van der Waals surface area contributed by atoms with Gasteiger partial charge in [0.1, 0.15) is 11.5 Å². The third-order valence-electron chi connectivity index (χ3n) is 5.50. The molecule has 0 amide bonds. The Morgan fingerprint density at radius 1 is 1.12 bits per heavy atom. The Morgan fingerprint density at radius 2 is 1.82 bits per heavy atom. The Balaban J connectivity index is 1.83. The number of fused-ring (bicyclic) bond motifs is 1. The maximum atomic E-state index is 12.5. The number of aromatic nitrogens is 2. The highest BCUT2D eigenvalue weighted by molar-refractivity contribution is 7.92. The van der Waals surface area contributed by atoms with Crippen molar-refractivity contribution in [3.8, 4) is 22.6 Å². The summed E-state index contributed by atoms with van der Waals surface area (Å²) >= 11 is 0. The smallest absolute Gasteiger partial charge is 0.325 e. The summed E-state index contributed by atoms with van der Waals surface area (Å²) in [5.41, 5.74) is 2.21. The van der Waals surface area contributed by atoms with Crippen LogP contribution in [0.4, 0.5) is 5.69 Å². The summed E-state index contributed by atoms with van der Waals surface area (Å²) in [6.07, 6.45) is 6.18. The van der Waals surface area contributed by atoms with Crippen molar-refractivity contribution in [2.45, 2.75) is 19.3 Å². The molecule has 0 unspecified atom stereocenters. The van der Waals surface area contributed by atoms with Crippen molar-refractivity contribution in [1.82, 2.24) is 9.97 Å². The van der Waals surface area contributed by atoms with E-state index in [2.05, 4.69) is 14.7 Å². The monoisotopic (exact) mass is 483 g/mol. The fourth-order valence-electron chi connectivity index (χ4n) is 3.97. The van der Waals surface area contributed by atoms with Gasteiger partial charge in [-0.25, -0.2) is 13.2 Å². The van der Waals surface area contributed by atoms with Gasteiger partial charge in [-0.05, 0) is 23.8 Å². The molecule has 0 bridgehead atoms. The van der Waals surface area contributed by atoms with Crippen molar-refractivity contribution < 1.29 is 17.9 Å². The van der Waals surface area contributed by atoms with Crippen LogP contribution in [0.1, 0.15) is 30.5 Å². The molecule has 3 N–H and O–H groups in total. The Bertz CT molecular complexity index is 1500. The third kappa shape index (κ3) is 4.62. The highest BCUT2D eigenvalue weighted by Gasteiger charge is 2.38. The van der Waals surface area contributed by atoms with E-state index in [0.717, 1.165) is 22.9 Å². The standard InChI is InChI=1S/C24H25N3O6S/c1-24(2)13-33-21-17(18-12-25-23(29)26-22(18)28)11-15(20(32-3)19(21)24)8-5-14-6-9-16(10-7-14)27-34(4,30)31/h5-12,27H,13H2,1-4H3,(H2,25,26,28,29). The van der Waals surface area contributed by atoms with Gasteiger partial charge >= 0.3 is 5.69 Å². The number of methoxy groups -OCH3 is 1. The molecule has 0 spiro atoms. The molecular weight excluding hydrogens is 458 g/mol. The van der Waals surface area contributed by atoms with Crippen LogP contribution in [0.5, 0.6) is 11.5 Å². The van der Waals surface area contributed by atoms with Gasteiger partial charge in [0.15, 0.2) is 0 Å². The van der Waals surface area contributed by atoms with Crippen LogP contribution in [-0.2, 0) is 15.4 Å². The molecule has 3 aromatic rings. The molecule has 0 fully saturated rings. The lowest BCUT2D eigenvalue weighted by atomic mass is 9.83. The van der Waals surface area contributed by atoms with E-state index in [-0.39, 0.29) is 11.0 Å². The summed E-state index contributed by atoms with van der Waals surface area (Å²) < 4.78 is 37.0. The molecule has 0 saturated heterocycles. The van der Waals surface area contributed by atoms with E-state index in [1.165, 1.54) is 6.20 Å². The minimum absolute atomic E-state index is 0.280. The number of anilines is 1. The van der Waals surface area contributed by atoms with E-state index >= 15 is 0 Å². The molecule has 34 heavy (non-hydrogen) atoms. The SMILES string of the molecule is COc1c(C=Cc2ccc(NS(C)(=O)=O)cc2)cc(-c2c[nH]c(=O)[nH]c2=O)c2c1C(C)(C)CO2. The number of hydrogen-bond donors (Lipinski definition) is 3. The van der Waals surface area contributed by atoms with Gasteiger partial charge < -0.3 is 14.5 Å². The molecular formula is C24H25N3O6S. The van der Waals surface area contributed by atoms with Gasteiger partial charge in [-0.2, -0.15) is 0 Å². The first-order chi connectivity index (χ1) is 16.0. The number of sulfonamides is 1. The number of nitrogens with one attached hydrogen (secondary N) is 3. The van der Waals surface area contributed by atoms with E-state index in [0.29, 0.717) is 29.4 Å². The molecule has 2 aromatic carbocycles. The van der Waals surface area contributed by atoms with Crippen molar-refractivity contribution in [1.29, 1.82) is 0 Å². The molecule has 1 aliphatic rings. The van der Waals surface area contributed by atoms with Gasteiger partial charge in [0.25, 0.3) is 5.56 Å². The first kappa shape index (κ1) is 23.4. The normalized spacial score (nSPS) is 14.6. The van der Waals surface area contributed by atoms with Gasteiger partial charge in [0, 0.05) is 34.0 Å². The second kappa shape index (κ2) is 8.53. The molecule has 1 aromatic heterocycles. The van der Waals surface area contributed by atoms with Crippen LogP contribution in [-0.4, -0.2) is 38.4 Å². The predicted octanol–water partition coefficient (Wildman–Crippen LogP) is 2.95. The first-order valence-corrected chi connectivity index (χ1v) is 12.3. The van der Waals surface area contributed by atoms with Crippen LogP contribution < -0.4 is 25.4 Å². The van der Waals surface area contributed by atoms with Gasteiger partial charge in [-0.15, -0.1) is 0 Å². The molecule has 4 rings (SSSR count). The van der Waals surface area contributed by atoms with E-state index in [4.69, 9.17) is 9.47 Å². The second-order valence-corrected chi connectivity index (χ2v) is 10.5. The Kier molecular flexibility index (Phi) is 5.86. The number of ether oxygens (including phenoxy) is 2. The lowest BCUT2D eigenvalue weighted by molar-refractivity contribution is 0.290. The summed E-state index contributed by atoms with van der Waals surface area (Å²) in [4.78, 5) is 28.8. The van der Waals surface area contributed by atoms with Gasteiger partial charge in [-0.1, -0.05) is 38.1 Å². The molecule has 1 aliphatic heterocycles. The number of H-pyrrole nitrogens is 2. The predicted molar refractivity (Wildman–Crippen MR) is 132 cm³/mol. The molecule has 2 heterocycles. The molecule has 178 valence electrons. The van der Waals surface area contributed by atoms with Crippen LogP contribution in [0.15, 0.2) is 46.1 Å². The van der Waals surface area contributed by atoms with Crippen molar-refractivity contribution in [2.24, 2.45) is 0 Å². The van der Waals surface area contributed by atoms with Crippen LogP contribution >= 0.6 is 0 Å². The van der Waals surface area contributed by atoms with Gasteiger partial charge in [-0.3, -0.25) is 14.5 Å². The molecule has 0 radical (unpaired) electrons. The van der Waals surface area contributed by atoms with Gasteiger partial charge in [0.2, 0.25) is 10.0 Å². The summed E-state index contributed by atoms with van der Waals surface area (Å²) in [5, 5.41) is 0. The highest BCUT2D eigenvalue weighted by Crippen LogP contribution is 2.50. The minimum atomic E-state index is -3.36. The molecule has 10 heteroatoms. The van der Waals surface area contributed by atoms with Crippen LogP contribution in [0.2, 0.25) is 0 Å². The topological polar surface area (TPSA) is 130 Å². The minimum Gasteiger partial charge on any atom is -0.496 e. The van der Waals surface area contributed by atoms with Crippen molar-refractivity contribution in [2.75, 3.05) is 24.7 Å². The van der Waals surface area contributed by atoms with Crippen molar-refractivity contribution >= 4 is 27.9 Å². The van der Waals surface area contributed by atoms with Crippen LogP contribution in [0.3, 0.4) is 0 Å². The summed E-state index contributed by atoms with van der Waals surface area (Å²) in [6.45, 7) is 4.47. The zero-order valence-electron chi connectivity index (χ0n) is 19.2. The third-order valence-corrected chi connectivity index (χ3v) is 6.10. The fraction of sp³-hybridized carbons (Fsp3) is 0.250. The molecule has 0 saturated carbocycles. The Hall–Kier alpha value is -3.79. The molecule has 0 atom stereocenters. The first-order valence-electron chi connectivity index (χ1n) is 10.4. The maximum absolute atomic E-state index is 12.5. The van der Waals surface area contributed by atoms with Crippen molar-refractivity contribution in [3.05, 3.63) is 74.1 Å². The Morgan fingerprint density at radius 3 is 2.44 bits per heavy atom. The van der Waals surface area contributed by atoms with E-state index in [9.17, 15) is 18.0 Å². The fourth-order valence-corrected chi connectivity index (χ4v) is 4.54. The summed E-state index contributed by atoms with van der Waals surface area (Å²) in [6, 6.07) is 8.69. The van der Waals surface area contributed by atoms with Crippen LogP contribution in [0, 0.1) is 0 Å². The lowest BCUT2D eigenvalue weighted by Gasteiger charge is -2.21. The highest BCUT2D eigenvalue weighted by atomic mass is 32.2. The molecule has 0 aliphatic carbocycles. The quantitative estimate of drug-likeness (QED) is 0.462. The zero-order chi connectivity index (χ0) is 24.7. The Labute approximate surface area is 196 Å². The number of rotatable bonds is 6. The van der Waals surface area contributed by atoms with E-state index in [1.807, 2.05) is 26.0 Å². The maximum Gasteiger partial charge on any atom is 0.325 e. The lowest BCUT2D eigenvalue weighted by Crippen LogP contribution is -2.22. The average Bonchev–Trinajstić information content (AvgIpc) is 3.07. The summed E-state index contributed by atoms with van der Waals surface area (Å²) in [5.74, 6) is 1.18. The molecule has 9 nitrogen and oxygen atoms in total. The number of benzene rings is 2. The zero-order valence-corrected chi connectivity index (χ0v) is 20.0. The summed E-state index contributed by atoms with van der Waals surface area (Å²) in [7, 11) is -1.77. The van der Waals surface area contributed by atoms with Crippen LogP contribution in [0.25, 0.3) is 23.3 Å². The largest absolute Gasteiger partial charge is 0.496 e. The van der Waals surface area contributed by atoms with Gasteiger partial charge in [0.05, 0.1) is 25.5 Å². The van der Waals surface area contributed by atoms with E-state index < -0.39 is 21.3 Å². The number of hydrogen-bond acceptors (Lipinski definition) is 6. The van der Waals surface area contributed by atoms with Crippen molar-refractivity contribution in [3.63, 3.8) is 0 Å². The van der Waals surface area contributed by atoms with E-state index in [1.54, 1.807) is 37.4 Å². The average molecular weight is 484 g/mol. The second-order valence-electron chi connectivity index (χ2n) is 8.74.